The molecule has 3 rings (SSSR count). The van der Waals surface area contributed by atoms with Gasteiger partial charge in [0.15, 0.2) is 11.2 Å². The summed E-state index contributed by atoms with van der Waals surface area (Å²) < 4.78 is 3.64. The molecule has 0 aliphatic carbocycles. The number of allylic oxidation sites excluding steroid dienone is 1. The number of hydrogen-bond acceptors (Lipinski definition) is 5. The Balaban J connectivity index is 1.73. The number of aryl methyl sites for hydroxylation is 1. The lowest BCUT2D eigenvalue weighted by Crippen LogP contribution is -2.38. The number of carbonyl (C=O) groups excluding carboxylic acids is 1. The number of benzene rings is 1. The highest BCUT2D eigenvalue weighted by molar-refractivity contribution is 5.86. The molecule has 0 saturated carbocycles. The fourth-order valence-corrected chi connectivity index (χ4v) is 2.76. The summed E-state index contributed by atoms with van der Waals surface area (Å²) >= 11 is 0. The van der Waals surface area contributed by atoms with E-state index in [2.05, 4.69) is 15.5 Å². The molecule has 9 heteroatoms. The van der Waals surface area contributed by atoms with E-state index in [1.165, 1.54) is 29.6 Å². The molecular formula is C19H20N6O3. The quantitative estimate of drug-likeness (QED) is 0.518. The van der Waals surface area contributed by atoms with Crippen molar-refractivity contribution in [3.8, 4) is 0 Å². The Bertz CT molecular complexity index is 1200. The minimum atomic E-state index is -0.506. The van der Waals surface area contributed by atoms with Crippen LogP contribution in [0.15, 0.2) is 56.9 Å². The first kappa shape index (κ1) is 19.0. The Morgan fingerprint density at radius 1 is 1.18 bits per heavy atom. The van der Waals surface area contributed by atoms with Crippen molar-refractivity contribution < 1.29 is 4.79 Å². The zero-order valence-electron chi connectivity index (χ0n) is 15.8. The summed E-state index contributed by atoms with van der Waals surface area (Å²) in [5.41, 5.74) is 3.75. The number of hydrazone groups is 1. The molecule has 0 atom stereocenters. The summed E-state index contributed by atoms with van der Waals surface area (Å²) in [5.74, 6) is -0.418. The van der Waals surface area contributed by atoms with Crippen LogP contribution >= 0.6 is 0 Å². The lowest BCUT2D eigenvalue weighted by molar-refractivity contribution is -0.121. The van der Waals surface area contributed by atoms with E-state index in [9.17, 15) is 14.4 Å². The second-order valence-electron chi connectivity index (χ2n) is 6.34. The third-order valence-corrected chi connectivity index (χ3v) is 4.18. The molecule has 144 valence electrons. The van der Waals surface area contributed by atoms with E-state index < -0.39 is 17.2 Å². The number of aromatic nitrogens is 4. The molecule has 9 nitrogen and oxygen atoms in total. The molecule has 0 unspecified atom stereocenters. The van der Waals surface area contributed by atoms with Crippen molar-refractivity contribution in [2.75, 3.05) is 0 Å². The predicted octanol–water partition coefficient (Wildman–Crippen LogP) is 0.639. The molecular weight excluding hydrogens is 360 g/mol. The summed E-state index contributed by atoms with van der Waals surface area (Å²) in [5, 5.41) is 3.93. The van der Waals surface area contributed by atoms with E-state index in [-0.39, 0.29) is 17.7 Å². The number of amides is 1. The lowest BCUT2D eigenvalue weighted by atomic mass is 10.1. The molecule has 2 heterocycles. The van der Waals surface area contributed by atoms with E-state index in [4.69, 9.17) is 0 Å². The summed E-state index contributed by atoms with van der Waals surface area (Å²) in [6.07, 6.45) is 4.83. The minimum absolute atomic E-state index is 0.150. The van der Waals surface area contributed by atoms with Gasteiger partial charge in [0.25, 0.3) is 11.5 Å². The molecule has 0 fully saturated rings. The van der Waals surface area contributed by atoms with Crippen molar-refractivity contribution in [3.63, 3.8) is 0 Å². The van der Waals surface area contributed by atoms with Gasteiger partial charge in [-0.2, -0.15) is 5.10 Å². The Hall–Kier alpha value is -3.75. The number of carbonyl (C=O) groups is 1. The SMILES string of the molecule is C/C(C=NNC(=O)Cn1cnc2c1c(=O)n(C)c(=O)n2C)=C\c1ccccc1. The van der Waals surface area contributed by atoms with E-state index in [0.717, 1.165) is 15.7 Å². The Morgan fingerprint density at radius 2 is 1.89 bits per heavy atom. The van der Waals surface area contributed by atoms with E-state index in [1.54, 1.807) is 6.21 Å². The lowest BCUT2D eigenvalue weighted by Gasteiger charge is -2.06. The zero-order valence-corrected chi connectivity index (χ0v) is 15.8. The number of nitrogens with one attached hydrogen (secondary N) is 1. The maximum atomic E-state index is 12.4. The number of nitrogens with zero attached hydrogens (tertiary/aromatic N) is 5. The molecule has 28 heavy (non-hydrogen) atoms. The van der Waals surface area contributed by atoms with Gasteiger partial charge >= 0.3 is 5.69 Å². The molecule has 2 aromatic heterocycles. The highest BCUT2D eigenvalue weighted by Gasteiger charge is 2.15. The summed E-state index contributed by atoms with van der Waals surface area (Å²) in [4.78, 5) is 40.6. The van der Waals surface area contributed by atoms with Crippen LogP contribution in [-0.4, -0.2) is 30.8 Å². The van der Waals surface area contributed by atoms with Gasteiger partial charge in [-0.3, -0.25) is 18.7 Å². The molecule has 1 N–H and O–H groups in total. The van der Waals surface area contributed by atoms with Gasteiger partial charge in [0.1, 0.15) is 6.54 Å². The predicted molar refractivity (Wildman–Crippen MR) is 107 cm³/mol. The first-order chi connectivity index (χ1) is 13.4. The molecule has 0 radical (unpaired) electrons. The number of rotatable bonds is 5. The average Bonchev–Trinajstić information content (AvgIpc) is 3.09. The van der Waals surface area contributed by atoms with Crippen LogP contribution in [0.2, 0.25) is 0 Å². The molecule has 0 bridgehead atoms. The van der Waals surface area contributed by atoms with Gasteiger partial charge < -0.3 is 4.57 Å². The summed E-state index contributed by atoms with van der Waals surface area (Å²) in [6, 6.07) is 9.74. The maximum absolute atomic E-state index is 12.4. The highest BCUT2D eigenvalue weighted by atomic mass is 16.2. The fraction of sp³-hybridized carbons (Fsp3) is 0.211. The van der Waals surface area contributed by atoms with Crippen LogP contribution in [0.5, 0.6) is 0 Å². The van der Waals surface area contributed by atoms with Crippen molar-refractivity contribution in [1.82, 2.24) is 24.1 Å². The maximum Gasteiger partial charge on any atom is 0.332 e. The molecule has 0 saturated heterocycles. The van der Waals surface area contributed by atoms with Crippen molar-refractivity contribution in [1.29, 1.82) is 0 Å². The molecule has 1 aromatic carbocycles. The monoisotopic (exact) mass is 380 g/mol. The summed E-state index contributed by atoms with van der Waals surface area (Å²) in [6.45, 7) is 1.72. The van der Waals surface area contributed by atoms with Crippen LogP contribution < -0.4 is 16.7 Å². The van der Waals surface area contributed by atoms with Gasteiger partial charge in [-0.15, -0.1) is 0 Å². The van der Waals surface area contributed by atoms with Crippen LogP contribution in [0.3, 0.4) is 0 Å². The Labute approximate surface area is 160 Å². The van der Waals surface area contributed by atoms with Crippen molar-refractivity contribution in [3.05, 3.63) is 68.6 Å². The smallest absolute Gasteiger partial charge is 0.315 e. The number of fused-ring (bicyclic) bond motifs is 1. The van der Waals surface area contributed by atoms with E-state index >= 15 is 0 Å². The molecule has 0 aliphatic rings. The van der Waals surface area contributed by atoms with E-state index in [1.807, 2.05) is 43.3 Å². The van der Waals surface area contributed by atoms with Gasteiger partial charge in [-0.1, -0.05) is 36.4 Å². The van der Waals surface area contributed by atoms with Crippen LogP contribution in [0.1, 0.15) is 12.5 Å². The Kier molecular flexibility index (Phi) is 5.35. The van der Waals surface area contributed by atoms with Gasteiger partial charge in [0, 0.05) is 14.1 Å². The molecule has 3 aromatic rings. The summed E-state index contributed by atoms with van der Waals surface area (Å²) in [7, 11) is 2.90. The largest absolute Gasteiger partial charge is 0.332 e. The van der Waals surface area contributed by atoms with Crippen LogP contribution in [0.4, 0.5) is 0 Å². The third-order valence-electron chi connectivity index (χ3n) is 4.18. The van der Waals surface area contributed by atoms with Crippen molar-refractivity contribution >= 4 is 29.4 Å². The fourth-order valence-electron chi connectivity index (χ4n) is 2.76. The molecule has 1 amide bonds. The van der Waals surface area contributed by atoms with Crippen molar-refractivity contribution in [2.24, 2.45) is 19.2 Å². The second kappa shape index (κ2) is 7.87. The Morgan fingerprint density at radius 3 is 2.61 bits per heavy atom. The minimum Gasteiger partial charge on any atom is -0.315 e. The third kappa shape index (κ3) is 3.83. The van der Waals surface area contributed by atoms with Crippen LogP contribution in [-0.2, 0) is 25.4 Å². The van der Waals surface area contributed by atoms with Gasteiger partial charge in [0.05, 0.1) is 12.5 Å². The number of imidazole rings is 1. The van der Waals surface area contributed by atoms with Crippen molar-refractivity contribution in [2.45, 2.75) is 13.5 Å². The van der Waals surface area contributed by atoms with Gasteiger partial charge in [-0.05, 0) is 18.1 Å². The second-order valence-corrected chi connectivity index (χ2v) is 6.34. The first-order valence-corrected chi connectivity index (χ1v) is 8.54. The highest BCUT2D eigenvalue weighted by Crippen LogP contribution is 2.06. The van der Waals surface area contributed by atoms with Gasteiger partial charge in [0.2, 0.25) is 0 Å². The standard InChI is InChI=1S/C19H20N6O3/c1-13(9-14-7-5-4-6-8-14)10-21-22-15(26)11-25-12-20-17-16(25)18(27)24(3)19(28)23(17)2/h4-10,12H,11H2,1-3H3,(H,22,26)/b13-9+,21-10?. The number of hydrogen-bond donors (Lipinski definition) is 1. The van der Waals surface area contributed by atoms with E-state index in [0.29, 0.717) is 0 Å². The van der Waals surface area contributed by atoms with Crippen LogP contribution in [0.25, 0.3) is 17.2 Å². The van der Waals surface area contributed by atoms with Gasteiger partial charge in [-0.25, -0.2) is 15.2 Å². The first-order valence-electron chi connectivity index (χ1n) is 8.54. The van der Waals surface area contributed by atoms with Crippen LogP contribution in [0, 0.1) is 0 Å². The molecule has 0 spiro atoms. The average molecular weight is 380 g/mol. The molecule has 0 aliphatic heterocycles. The normalized spacial score (nSPS) is 12.0. The topological polar surface area (TPSA) is 103 Å². The zero-order chi connectivity index (χ0) is 20.3.